The Morgan fingerprint density at radius 2 is 1.97 bits per heavy atom. The van der Waals surface area contributed by atoms with Crippen LogP contribution in [-0.2, 0) is 16.6 Å². The van der Waals surface area contributed by atoms with Gasteiger partial charge in [0, 0.05) is 12.3 Å². The van der Waals surface area contributed by atoms with E-state index in [2.05, 4.69) is 30.4 Å². The molecule has 0 aliphatic heterocycles. The van der Waals surface area contributed by atoms with Crippen LogP contribution in [0.4, 0.5) is 24.8 Å². The third kappa shape index (κ3) is 4.32. The fourth-order valence-corrected chi connectivity index (χ4v) is 5.06. The molecule has 11 nitrogen and oxygen atoms in total. The van der Waals surface area contributed by atoms with Crippen molar-refractivity contribution in [2.45, 2.75) is 43.8 Å². The lowest BCUT2D eigenvalue weighted by Crippen LogP contribution is -2.25. The van der Waals surface area contributed by atoms with Crippen molar-refractivity contribution in [2.24, 2.45) is 0 Å². The smallest absolute Gasteiger partial charge is 0.388 e. The van der Waals surface area contributed by atoms with Gasteiger partial charge in [-0.2, -0.15) is 22.4 Å². The van der Waals surface area contributed by atoms with Crippen LogP contribution in [0.1, 0.15) is 31.6 Å². The van der Waals surface area contributed by atoms with Gasteiger partial charge in [0.2, 0.25) is 0 Å². The molecular weight excluding hydrogens is 489 g/mol. The van der Waals surface area contributed by atoms with Gasteiger partial charge in [-0.25, -0.2) is 28.4 Å². The molecule has 5 rings (SSSR count). The molecular formula is C20H19F3N8O3S. The fourth-order valence-electron chi connectivity index (χ4n) is 3.58. The van der Waals surface area contributed by atoms with Crippen molar-refractivity contribution < 1.29 is 26.7 Å². The van der Waals surface area contributed by atoms with E-state index in [-0.39, 0.29) is 34.3 Å². The monoisotopic (exact) mass is 508 g/mol. The number of fused-ring (bicyclic) bond motifs is 1. The normalized spacial score (nSPS) is 15.5. The molecule has 1 fully saturated rings. The van der Waals surface area contributed by atoms with Gasteiger partial charge >= 0.3 is 6.18 Å². The number of pyridine rings is 1. The Labute approximate surface area is 196 Å². The Kier molecular flexibility index (Phi) is 5.47. The van der Waals surface area contributed by atoms with Crippen molar-refractivity contribution in [3.63, 3.8) is 0 Å². The van der Waals surface area contributed by atoms with Crippen LogP contribution in [-0.4, -0.2) is 58.6 Å². The van der Waals surface area contributed by atoms with E-state index in [0.717, 1.165) is 15.6 Å². The van der Waals surface area contributed by atoms with Gasteiger partial charge in [0.15, 0.2) is 5.82 Å². The number of halogens is 3. The van der Waals surface area contributed by atoms with Gasteiger partial charge in [0.05, 0.1) is 34.9 Å². The van der Waals surface area contributed by atoms with Crippen molar-refractivity contribution in [2.75, 3.05) is 5.32 Å². The first kappa shape index (κ1) is 23.2. The standard InChI is InChI=1S/C20H19F3N8O3S/c1-11(20(21,22)23)31-15-6-17(25-8-14(15)27-18(31)10-32)28-16-4-5-24-19(29-16)12-7-26-30(9-12)35(33,34)13-2-3-13/h4-9,11,13,32H,2-3,10H2,1H3,(H,24,25,28,29). The first-order valence-corrected chi connectivity index (χ1v) is 12.0. The topological polar surface area (TPSA) is 141 Å². The van der Waals surface area contributed by atoms with Gasteiger partial charge in [0.25, 0.3) is 10.0 Å². The van der Waals surface area contributed by atoms with Crippen molar-refractivity contribution in [1.82, 2.24) is 33.7 Å². The number of nitrogens with one attached hydrogen (secondary N) is 1. The van der Waals surface area contributed by atoms with Crippen LogP contribution in [0.2, 0.25) is 0 Å². The highest BCUT2D eigenvalue weighted by Crippen LogP contribution is 2.34. The largest absolute Gasteiger partial charge is 0.408 e. The second kappa shape index (κ2) is 8.27. The second-order valence-electron chi connectivity index (χ2n) is 8.07. The first-order valence-electron chi connectivity index (χ1n) is 10.5. The molecule has 0 spiro atoms. The van der Waals surface area contributed by atoms with Crippen LogP contribution >= 0.6 is 0 Å². The van der Waals surface area contributed by atoms with E-state index in [9.17, 15) is 26.7 Å². The summed E-state index contributed by atoms with van der Waals surface area (Å²) in [5.41, 5.74) is 0.714. The summed E-state index contributed by atoms with van der Waals surface area (Å²) >= 11 is 0. The van der Waals surface area contributed by atoms with E-state index in [1.165, 1.54) is 36.9 Å². The number of imidazole rings is 1. The minimum absolute atomic E-state index is 0.133. The van der Waals surface area contributed by atoms with Crippen LogP contribution in [0.15, 0.2) is 36.9 Å². The third-order valence-corrected chi connectivity index (χ3v) is 7.62. The zero-order valence-electron chi connectivity index (χ0n) is 18.2. The molecule has 15 heteroatoms. The van der Waals surface area contributed by atoms with E-state index in [4.69, 9.17) is 0 Å². The minimum atomic E-state index is -4.55. The molecule has 1 saturated carbocycles. The number of hydrogen-bond donors (Lipinski definition) is 2. The number of hydrogen-bond acceptors (Lipinski definition) is 9. The van der Waals surface area contributed by atoms with Crippen LogP contribution in [0.3, 0.4) is 0 Å². The predicted octanol–water partition coefficient (Wildman–Crippen LogP) is 2.78. The quantitative estimate of drug-likeness (QED) is 0.385. The maximum Gasteiger partial charge on any atom is 0.408 e. The summed E-state index contributed by atoms with van der Waals surface area (Å²) in [6.07, 6.45) is 2.08. The van der Waals surface area contributed by atoms with Crippen LogP contribution in [0.25, 0.3) is 22.4 Å². The van der Waals surface area contributed by atoms with Crippen molar-refractivity contribution in [3.05, 3.63) is 42.7 Å². The first-order chi connectivity index (χ1) is 16.6. The molecule has 4 heterocycles. The van der Waals surface area contributed by atoms with E-state index in [1.54, 1.807) is 0 Å². The maximum atomic E-state index is 13.4. The average Bonchev–Trinajstić information content (AvgIpc) is 3.45. The molecule has 0 radical (unpaired) electrons. The summed E-state index contributed by atoms with van der Waals surface area (Å²) in [5, 5.41) is 15.9. The summed E-state index contributed by atoms with van der Waals surface area (Å²) in [6, 6.07) is 0.986. The molecule has 4 aromatic rings. The van der Waals surface area contributed by atoms with Gasteiger partial charge in [0.1, 0.15) is 35.6 Å². The Bertz CT molecular complexity index is 1510. The molecule has 184 valence electrons. The Balaban J connectivity index is 1.45. The predicted molar refractivity (Wildman–Crippen MR) is 118 cm³/mol. The molecule has 4 aromatic heterocycles. The molecule has 0 amide bonds. The SMILES string of the molecule is CC(n1c(CO)nc2cnc(Nc3ccnc(-c4cnn(S(=O)(=O)C5CC5)c4)n3)cc21)C(F)(F)F. The van der Waals surface area contributed by atoms with Gasteiger partial charge < -0.3 is 15.0 Å². The van der Waals surface area contributed by atoms with Crippen molar-refractivity contribution in [3.8, 4) is 11.4 Å². The molecule has 1 atom stereocenters. The zero-order valence-corrected chi connectivity index (χ0v) is 19.0. The molecule has 1 aliphatic rings. The fraction of sp³-hybridized carbons (Fsp3) is 0.350. The number of aliphatic hydroxyl groups excluding tert-OH is 1. The molecule has 2 N–H and O–H groups in total. The van der Waals surface area contributed by atoms with Crippen LogP contribution in [0.5, 0.6) is 0 Å². The summed E-state index contributed by atoms with van der Waals surface area (Å²) in [5.74, 6) is 0.532. The zero-order chi connectivity index (χ0) is 25.0. The summed E-state index contributed by atoms with van der Waals surface area (Å²) in [4.78, 5) is 16.7. The lowest BCUT2D eigenvalue weighted by molar-refractivity contribution is -0.162. The van der Waals surface area contributed by atoms with Gasteiger partial charge in [-0.15, -0.1) is 0 Å². The van der Waals surface area contributed by atoms with E-state index >= 15 is 0 Å². The molecule has 35 heavy (non-hydrogen) atoms. The summed E-state index contributed by atoms with van der Waals surface area (Å²) < 4.78 is 66.8. The summed E-state index contributed by atoms with van der Waals surface area (Å²) in [6.45, 7) is 0.311. The Morgan fingerprint density at radius 3 is 2.66 bits per heavy atom. The van der Waals surface area contributed by atoms with Gasteiger partial charge in [-0.1, -0.05) is 0 Å². The Morgan fingerprint density at radius 1 is 1.20 bits per heavy atom. The number of rotatable bonds is 7. The third-order valence-electron chi connectivity index (χ3n) is 5.59. The van der Waals surface area contributed by atoms with E-state index < -0.39 is 34.1 Å². The molecule has 0 bridgehead atoms. The van der Waals surface area contributed by atoms with Crippen LogP contribution < -0.4 is 5.32 Å². The molecule has 0 aromatic carbocycles. The number of anilines is 2. The van der Waals surface area contributed by atoms with Crippen molar-refractivity contribution in [1.29, 1.82) is 0 Å². The van der Waals surface area contributed by atoms with E-state index in [1.807, 2.05) is 0 Å². The number of nitrogens with zero attached hydrogens (tertiary/aromatic N) is 7. The van der Waals surface area contributed by atoms with Crippen molar-refractivity contribution >= 4 is 32.7 Å². The molecule has 0 saturated heterocycles. The Hall–Kier alpha value is -3.59. The highest BCUT2D eigenvalue weighted by molar-refractivity contribution is 7.90. The summed E-state index contributed by atoms with van der Waals surface area (Å²) in [7, 11) is -3.54. The highest BCUT2D eigenvalue weighted by atomic mass is 32.2. The lowest BCUT2D eigenvalue weighted by atomic mass is 10.3. The van der Waals surface area contributed by atoms with E-state index in [0.29, 0.717) is 18.4 Å². The minimum Gasteiger partial charge on any atom is -0.388 e. The van der Waals surface area contributed by atoms with Gasteiger partial charge in [-0.3, -0.25) is 0 Å². The number of aromatic nitrogens is 7. The lowest BCUT2D eigenvalue weighted by Gasteiger charge is -2.20. The van der Waals surface area contributed by atoms with Crippen LogP contribution in [0, 0.1) is 0 Å². The average molecular weight is 508 g/mol. The van der Waals surface area contributed by atoms with Gasteiger partial charge in [-0.05, 0) is 25.8 Å². The molecule has 1 aliphatic carbocycles. The molecule has 1 unspecified atom stereocenters. The second-order valence-corrected chi connectivity index (χ2v) is 10.1. The highest BCUT2D eigenvalue weighted by Gasteiger charge is 2.39. The maximum absolute atomic E-state index is 13.4. The number of alkyl halides is 3. The number of aliphatic hydroxyl groups is 1.